The summed E-state index contributed by atoms with van der Waals surface area (Å²) in [4.78, 5) is 14.1. The Morgan fingerprint density at radius 3 is 2.65 bits per heavy atom. The van der Waals surface area contributed by atoms with Crippen molar-refractivity contribution in [2.75, 3.05) is 26.2 Å². The second-order valence-electron chi connectivity index (χ2n) is 6.57. The van der Waals surface area contributed by atoms with Gasteiger partial charge in [-0.3, -0.25) is 0 Å². The number of carbonyl (C=O) groups excluding carboxylic acids is 1. The Kier molecular flexibility index (Phi) is 4.92. The summed E-state index contributed by atoms with van der Waals surface area (Å²) in [6.45, 7) is 5.46. The third kappa shape index (κ3) is 3.23. The molecule has 1 aromatic heterocycles. The van der Waals surface area contributed by atoms with Gasteiger partial charge in [0.2, 0.25) is 0 Å². The molecule has 128 valence electrons. The number of ether oxygens (including phenoxy) is 1. The van der Waals surface area contributed by atoms with Crippen molar-refractivity contribution in [1.29, 1.82) is 0 Å². The Hall–Kier alpha value is -1.53. The van der Waals surface area contributed by atoms with E-state index in [2.05, 4.69) is 5.32 Å². The van der Waals surface area contributed by atoms with Crippen LogP contribution >= 0.6 is 0 Å². The first-order valence-electron chi connectivity index (χ1n) is 8.59. The summed E-state index contributed by atoms with van der Waals surface area (Å²) in [6.07, 6.45) is 6.23. The zero-order chi connectivity index (χ0) is 16.3. The zero-order valence-electron chi connectivity index (χ0n) is 13.8. The van der Waals surface area contributed by atoms with E-state index in [9.17, 15) is 9.90 Å². The van der Waals surface area contributed by atoms with Crippen molar-refractivity contribution < 1.29 is 14.6 Å². The number of urea groups is 1. The lowest BCUT2D eigenvalue weighted by atomic mass is 9.58. The molecule has 0 radical (unpaired) electrons. The van der Waals surface area contributed by atoms with Crippen LogP contribution in [0.4, 0.5) is 4.79 Å². The molecule has 6 heteroatoms. The fraction of sp³-hybridized carbons (Fsp3) is 0.706. The highest BCUT2D eigenvalue weighted by Crippen LogP contribution is 2.50. The van der Waals surface area contributed by atoms with E-state index in [0.29, 0.717) is 26.2 Å². The third-order valence-corrected chi connectivity index (χ3v) is 5.40. The second-order valence-corrected chi connectivity index (χ2v) is 6.57. The summed E-state index contributed by atoms with van der Waals surface area (Å²) >= 11 is 0. The molecule has 2 atom stereocenters. The molecule has 1 saturated carbocycles. The van der Waals surface area contributed by atoms with E-state index in [-0.39, 0.29) is 23.7 Å². The van der Waals surface area contributed by atoms with Crippen molar-refractivity contribution in [2.45, 2.75) is 44.9 Å². The largest absolute Gasteiger partial charge is 0.392 e. The van der Waals surface area contributed by atoms with Crippen LogP contribution in [0.1, 0.15) is 26.2 Å². The molecule has 1 aliphatic carbocycles. The first kappa shape index (κ1) is 16.3. The Bertz CT molecular complexity index is 507. The van der Waals surface area contributed by atoms with Gasteiger partial charge in [0.15, 0.2) is 0 Å². The molecule has 0 aromatic carbocycles. The molecular formula is C17H27N3O3. The Morgan fingerprint density at radius 2 is 2.04 bits per heavy atom. The highest BCUT2D eigenvalue weighted by atomic mass is 16.5. The van der Waals surface area contributed by atoms with Crippen LogP contribution in [-0.4, -0.2) is 59.1 Å². The Balaban J connectivity index is 1.44. The van der Waals surface area contributed by atoms with Crippen molar-refractivity contribution >= 4 is 6.03 Å². The Labute approximate surface area is 137 Å². The van der Waals surface area contributed by atoms with Crippen LogP contribution in [0.3, 0.4) is 0 Å². The quantitative estimate of drug-likeness (QED) is 0.862. The predicted molar refractivity (Wildman–Crippen MR) is 87.1 cm³/mol. The Morgan fingerprint density at radius 1 is 1.35 bits per heavy atom. The van der Waals surface area contributed by atoms with E-state index < -0.39 is 0 Å². The molecule has 0 unspecified atom stereocenters. The van der Waals surface area contributed by atoms with Gasteiger partial charge in [-0.05, 0) is 31.9 Å². The molecule has 23 heavy (non-hydrogen) atoms. The van der Waals surface area contributed by atoms with Gasteiger partial charge in [0.25, 0.3) is 0 Å². The number of aliphatic hydroxyl groups is 1. The number of likely N-dealkylation sites (tertiary alicyclic amines) is 1. The smallest absolute Gasteiger partial charge is 0.317 e. The van der Waals surface area contributed by atoms with Crippen molar-refractivity contribution in [2.24, 2.45) is 5.41 Å². The first-order chi connectivity index (χ1) is 11.2. The van der Waals surface area contributed by atoms with Gasteiger partial charge in [0, 0.05) is 57.0 Å². The molecular weight excluding hydrogens is 294 g/mol. The van der Waals surface area contributed by atoms with Crippen LogP contribution in [0.5, 0.6) is 0 Å². The number of nitrogens with zero attached hydrogens (tertiary/aromatic N) is 2. The molecule has 2 N–H and O–H groups in total. The lowest BCUT2D eigenvalue weighted by Crippen LogP contribution is -2.63. The van der Waals surface area contributed by atoms with Crippen molar-refractivity contribution in [1.82, 2.24) is 14.8 Å². The highest BCUT2D eigenvalue weighted by molar-refractivity contribution is 5.74. The number of rotatable bonds is 5. The molecule has 1 aromatic rings. The summed E-state index contributed by atoms with van der Waals surface area (Å²) in [7, 11) is 0. The molecule has 2 amide bonds. The van der Waals surface area contributed by atoms with E-state index in [1.165, 1.54) is 0 Å². The average molecular weight is 321 g/mol. The minimum Gasteiger partial charge on any atom is -0.392 e. The maximum absolute atomic E-state index is 12.2. The fourth-order valence-corrected chi connectivity index (χ4v) is 3.87. The molecule has 2 aliphatic rings. The summed E-state index contributed by atoms with van der Waals surface area (Å²) in [6, 6.07) is 3.95. The zero-order valence-corrected chi connectivity index (χ0v) is 13.8. The minimum absolute atomic E-state index is 0.00576. The van der Waals surface area contributed by atoms with Gasteiger partial charge in [-0.25, -0.2) is 4.79 Å². The molecule has 1 spiro atoms. The summed E-state index contributed by atoms with van der Waals surface area (Å²) in [5, 5.41) is 13.2. The number of piperidine rings is 1. The van der Waals surface area contributed by atoms with E-state index in [4.69, 9.17) is 4.74 Å². The van der Waals surface area contributed by atoms with Crippen molar-refractivity contribution in [3.63, 3.8) is 0 Å². The average Bonchev–Trinajstić information content (AvgIpc) is 3.08. The monoisotopic (exact) mass is 321 g/mol. The molecule has 2 fully saturated rings. The second kappa shape index (κ2) is 6.93. The number of aromatic nitrogens is 1. The van der Waals surface area contributed by atoms with Crippen molar-refractivity contribution in [3.05, 3.63) is 24.5 Å². The van der Waals surface area contributed by atoms with E-state index >= 15 is 0 Å². The standard InChI is InChI=1S/C17H27N3O3/c1-2-23-15-13-14(21)17(15)5-10-20(11-6-17)16(22)18-7-12-19-8-3-4-9-19/h3-4,8-9,14-15,21H,2,5-7,10-13H2,1H3,(H,18,22)/t14-,15-/m1/s1. The van der Waals surface area contributed by atoms with Gasteiger partial charge in [0.05, 0.1) is 12.2 Å². The lowest BCUT2D eigenvalue weighted by Gasteiger charge is -2.56. The number of aliphatic hydroxyl groups excluding tert-OH is 1. The molecule has 0 bridgehead atoms. The van der Waals surface area contributed by atoms with Crippen LogP contribution in [0.2, 0.25) is 0 Å². The van der Waals surface area contributed by atoms with E-state index in [1.807, 2.05) is 40.9 Å². The van der Waals surface area contributed by atoms with Crippen LogP contribution in [-0.2, 0) is 11.3 Å². The van der Waals surface area contributed by atoms with Crippen molar-refractivity contribution in [3.8, 4) is 0 Å². The topological polar surface area (TPSA) is 66.7 Å². The third-order valence-electron chi connectivity index (χ3n) is 5.40. The summed E-state index contributed by atoms with van der Waals surface area (Å²) in [5.41, 5.74) is -0.127. The number of amides is 2. The van der Waals surface area contributed by atoms with Crippen LogP contribution in [0, 0.1) is 5.41 Å². The molecule has 3 rings (SSSR count). The molecule has 2 heterocycles. The molecule has 1 saturated heterocycles. The number of nitrogens with one attached hydrogen (secondary N) is 1. The van der Waals surface area contributed by atoms with Gasteiger partial charge in [-0.1, -0.05) is 0 Å². The maximum Gasteiger partial charge on any atom is 0.317 e. The first-order valence-corrected chi connectivity index (χ1v) is 8.59. The molecule has 6 nitrogen and oxygen atoms in total. The lowest BCUT2D eigenvalue weighted by molar-refractivity contribution is -0.207. The normalized spacial score (nSPS) is 26.1. The molecule has 1 aliphatic heterocycles. The van der Waals surface area contributed by atoms with Gasteiger partial charge < -0.3 is 24.6 Å². The highest BCUT2D eigenvalue weighted by Gasteiger charge is 2.56. The SMILES string of the molecule is CCO[C@@H]1C[C@@H](O)C12CCN(C(=O)NCCn1cccc1)CC2. The fourth-order valence-electron chi connectivity index (χ4n) is 3.87. The van der Waals surface area contributed by atoms with Gasteiger partial charge >= 0.3 is 6.03 Å². The van der Waals surface area contributed by atoms with E-state index in [1.54, 1.807) is 0 Å². The number of carbonyl (C=O) groups is 1. The van der Waals surface area contributed by atoms with Gasteiger partial charge in [-0.15, -0.1) is 0 Å². The predicted octanol–water partition coefficient (Wildman–Crippen LogP) is 1.45. The summed E-state index contributed by atoms with van der Waals surface area (Å²) in [5.74, 6) is 0. The van der Waals surface area contributed by atoms with Crippen LogP contribution < -0.4 is 5.32 Å². The van der Waals surface area contributed by atoms with Crippen LogP contribution in [0.15, 0.2) is 24.5 Å². The van der Waals surface area contributed by atoms with E-state index in [0.717, 1.165) is 25.8 Å². The maximum atomic E-state index is 12.2. The van der Waals surface area contributed by atoms with Gasteiger partial charge in [0.1, 0.15) is 0 Å². The minimum atomic E-state index is -0.280. The number of hydrogen-bond donors (Lipinski definition) is 2. The summed E-state index contributed by atoms with van der Waals surface area (Å²) < 4.78 is 7.81. The van der Waals surface area contributed by atoms with Gasteiger partial charge in [-0.2, -0.15) is 0 Å². The van der Waals surface area contributed by atoms with Crippen LogP contribution in [0.25, 0.3) is 0 Å². The number of hydrogen-bond acceptors (Lipinski definition) is 3.